The fraction of sp³-hybridized carbons (Fsp3) is 0.471. The number of rotatable bonds is 6. The van der Waals surface area contributed by atoms with Gasteiger partial charge in [0.2, 0.25) is 5.91 Å². The maximum Gasteiger partial charge on any atom is 0.226 e. The zero-order valence-electron chi connectivity index (χ0n) is 14.4. The molecule has 136 valence electrons. The summed E-state index contributed by atoms with van der Waals surface area (Å²) in [5.41, 5.74) is 2.57. The molecule has 2 aromatic rings. The molecule has 1 amide bonds. The molecule has 0 unspecified atom stereocenters. The molecular weight excluding hydrogens is 340 g/mol. The van der Waals surface area contributed by atoms with Crippen LogP contribution < -0.4 is 10.6 Å². The van der Waals surface area contributed by atoms with E-state index in [1.807, 2.05) is 37.3 Å². The normalized spacial score (nSPS) is 14.8. The number of carbonyl (C=O) groups excluding carboxylic acids is 1. The molecule has 1 aromatic carbocycles. The maximum absolute atomic E-state index is 12.1. The van der Waals surface area contributed by atoms with Crippen molar-refractivity contribution in [1.29, 1.82) is 0 Å². The SMILES string of the molecule is Cc1c(CC(=O)NCCN2CCNCC2)nnn1-c1ccccc1.Cl. The van der Waals surface area contributed by atoms with Crippen LogP contribution in [0.5, 0.6) is 0 Å². The number of aromatic nitrogens is 3. The van der Waals surface area contributed by atoms with E-state index in [2.05, 4.69) is 25.8 Å². The number of piperazine rings is 1. The van der Waals surface area contributed by atoms with E-state index in [-0.39, 0.29) is 24.7 Å². The number of hydrogen-bond donors (Lipinski definition) is 2. The molecule has 0 spiro atoms. The summed E-state index contributed by atoms with van der Waals surface area (Å²) in [4.78, 5) is 14.5. The first kappa shape index (κ1) is 19.4. The zero-order valence-corrected chi connectivity index (χ0v) is 15.3. The van der Waals surface area contributed by atoms with Crippen LogP contribution in [0, 0.1) is 6.92 Å². The molecule has 0 bridgehead atoms. The van der Waals surface area contributed by atoms with Crippen molar-refractivity contribution < 1.29 is 4.79 Å². The zero-order chi connectivity index (χ0) is 16.8. The number of benzene rings is 1. The summed E-state index contributed by atoms with van der Waals surface area (Å²) >= 11 is 0. The molecule has 1 aromatic heterocycles. The minimum atomic E-state index is -0.00616. The number of halogens is 1. The fourth-order valence-electron chi connectivity index (χ4n) is 2.84. The van der Waals surface area contributed by atoms with E-state index < -0.39 is 0 Å². The van der Waals surface area contributed by atoms with Crippen LogP contribution >= 0.6 is 12.4 Å². The molecular formula is C17H25ClN6O. The van der Waals surface area contributed by atoms with Gasteiger partial charge in [-0.1, -0.05) is 23.4 Å². The van der Waals surface area contributed by atoms with Crippen LogP contribution in [0.2, 0.25) is 0 Å². The van der Waals surface area contributed by atoms with Gasteiger partial charge in [0.1, 0.15) is 0 Å². The monoisotopic (exact) mass is 364 g/mol. The first-order valence-electron chi connectivity index (χ1n) is 8.40. The van der Waals surface area contributed by atoms with Crippen molar-refractivity contribution in [3.8, 4) is 5.69 Å². The van der Waals surface area contributed by atoms with Crippen molar-refractivity contribution in [2.75, 3.05) is 39.3 Å². The molecule has 1 fully saturated rings. The minimum Gasteiger partial charge on any atom is -0.354 e. The molecule has 3 rings (SSSR count). The Hall–Kier alpha value is -1.96. The average Bonchev–Trinajstić information content (AvgIpc) is 2.97. The number of nitrogens with one attached hydrogen (secondary N) is 2. The Morgan fingerprint density at radius 3 is 2.68 bits per heavy atom. The van der Waals surface area contributed by atoms with Crippen molar-refractivity contribution >= 4 is 18.3 Å². The van der Waals surface area contributed by atoms with E-state index in [0.717, 1.165) is 49.8 Å². The van der Waals surface area contributed by atoms with E-state index in [1.165, 1.54) is 0 Å². The summed E-state index contributed by atoms with van der Waals surface area (Å²) < 4.78 is 1.77. The summed E-state index contributed by atoms with van der Waals surface area (Å²) in [6.07, 6.45) is 0.264. The summed E-state index contributed by atoms with van der Waals surface area (Å²) in [5, 5.41) is 14.6. The molecule has 8 heteroatoms. The van der Waals surface area contributed by atoms with Crippen molar-refractivity contribution in [3.05, 3.63) is 41.7 Å². The van der Waals surface area contributed by atoms with Gasteiger partial charge in [0.15, 0.2) is 0 Å². The second-order valence-electron chi connectivity index (χ2n) is 5.99. The van der Waals surface area contributed by atoms with Crippen molar-refractivity contribution in [2.45, 2.75) is 13.3 Å². The summed E-state index contributed by atoms with van der Waals surface area (Å²) in [5.74, 6) is -0.00616. The smallest absolute Gasteiger partial charge is 0.226 e. The number of amides is 1. The molecule has 0 atom stereocenters. The van der Waals surface area contributed by atoms with Crippen LogP contribution in [0.15, 0.2) is 30.3 Å². The summed E-state index contributed by atoms with van der Waals surface area (Å²) in [6.45, 7) is 7.64. The van der Waals surface area contributed by atoms with Crippen molar-refractivity contribution in [1.82, 2.24) is 30.5 Å². The third-order valence-corrected chi connectivity index (χ3v) is 4.28. The third kappa shape index (κ3) is 5.26. The van der Waals surface area contributed by atoms with Crippen LogP contribution in [0.4, 0.5) is 0 Å². The number of hydrogen-bond acceptors (Lipinski definition) is 5. The summed E-state index contributed by atoms with van der Waals surface area (Å²) in [7, 11) is 0. The van der Waals surface area contributed by atoms with Gasteiger partial charge in [-0.05, 0) is 19.1 Å². The van der Waals surface area contributed by atoms with Gasteiger partial charge in [-0.25, -0.2) is 4.68 Å². The van der Waals surface area contributed by atoms with E-state index in [1.54, 1.807) is 4.68 Å². The molecule has 7 nitrogen and oxygen atoms in total. The quantitative estimate of drug-likeness (QED) is 0.783. The van der Waals surface area contributed by atoms with Gasteiger partial charge < -0.3 is 10.6 Å². The van der Waals surface area contributed by atoms with Crippen molar-refractivity contribution in [2.24, 2.45) is 0 Å². The lowest BCUT2D eigenvalue weighted by Crippen LogP contribution is -2.46. The predicted molar refractivity (Wildman–Crippen MR) is 99.4 cm³/mol. The van der Waals surface area contributed by atoms with Gasteiger partial charge >= 0.3 is 0 Å². The molecule has 1 saturated heterocycles. The van der Waals surface area contributed by atoms with Gasteiger partial charge in [0.05, 0.1) is 23.5 Å². The van der Waals surface area contributed by atoms with Crippen LogP contribution in [0.1, 0.15) is 11.4 Å². The Morgan fingerprint density at radius 2 is 1.96 bits per heavy atom. The van der Waals surface area contributed by atoms with Crippen LogP contribution in [0.25, 0.3) is 5.69 Å². The highest BCUT2D eigenvalue weighted by Crippen LogP contribution is 2.11. The molecule has 0 aliphatic carbocycles. The lowest BCUT2D eigenvalue weighted by molar-refractivity contribution is -0.120. The largest absolute Gasteiger partial charge is 0.354 e. The molecule has 25 heavy (non-hydrogen) atoms. The predicted octanol–water partition coefficient (Wildman–Crippen LogP) is 0.561. The first-order valence-corrected chi connectivity index (χ1v) is 8.40. The second kappa shape index (κ2) is 9.50. The molecule has 2 N–H and O–H groups in total. The molecule has 1 aliphatic rings. The highest BCUT2D eigenvalue weighted by molar-refractivity contribution is 5.85. The Morgan fingerprint density at radius 1 is 1.24 bits per heavy atom. The average molecular weight is 365 g/mol. The van der Waals surface area contributed by atoms with E-state index in [4.69, 9.17) is 0 Å². The van der Waals surface area contributed by atoms with Gasteiger partial charge in [-0.15, -0.1) is 17.5 Å². The Balaban J connectivity index is 0.00000225. The topological polar surface area (TPSA) is 75.1 Å². The lowest BCUT2D eigenvalue weighted by Gasteiger charge is -2.27. The van der Waals surface area contributed by atoms with Crippen molar-refractivity contribution in [3.63, 3.8) is 0 Å². The van der Waals surface area contributed by atoms with Gasteiger partial charge in [-0.3, -0.25) is 9.69 Å². The highest BCUT2D eigenvalue weighted by atomic mass is 35.5. The second-order valence-corrected chi connectivity index (χ2v) is 5.99. The number of carbonyl (C=O) groups is 1. The Kier molecular flexibility index (Phi) is 7.36. The Bertz CT molecular complexity index is 669. The fourth-order valence-corrected chi connectivity index (χ4v) is 2.84. The van der Waals surface area contributed by atoms with Crippen LogP contribution in [0.3, 0.4) is 0 Å². The van der Waals surface area contributed by atoms with Gasteiger partial charge in [0.25, 0.3) is 0 Å². The molecule has 2 heterocycles. The first-order chi connectivity index (χ1) is 11.7. The lowest BCUT2D eigenvalue weighted by atomic mass is 10.2. The van der Waals surface area contributed by atoms with E-state index in [0.29, 0.717) is 6.54 Å². The van der Waals surface area contributed by atoms with Crippen LogP contribution in [-0.4, -0.2) is 65.1 Å². The van der Waals surface area contributed by atoms with Crippen LogP contribution in [-0.2, 0) is 11.2 Å². The third-order valence-electron chi connectivity index (χ3n) is 4.28. The maximum atomic E-state index is 12.1. The standard InChI is InChI=1S/C17H24N6O.ClH/c1-14-16(20-21-23(14)15-5-3-2-4-6-15)13-17(24)19-9-12-22-10-7-18-8-11-22;/h2-6,18H,7-13H2,1H3,(H,19,24);1H. The van der Waals surface area contributed by atoms with E-state index >= 15 is 0 Å². The molecule has 0 radical (unpaired) electrons. The van der Waals surface area contributed by atoms with Gasteiger partial charge in [0, 0.05) is 39.3 Å². The van der Waals surface area contributed by atoms with Gasteiger partial charge in [-0.2, -0.15) is 0 Å². The summed E-state index contributed by atoms with van der Waals surface area (Å²) in [6, 6.07) is 9.82. The molecule has 1 aliphatic heterocycles. The number of nitrogens with zero attached hydrogens (tertiary/aromatic N) is 4. The Labute approximate surface area is 154 Å². The minimum absolute atomic E-state index is 0. The number of para-hydroxylation sites is 1. The molecule has 0 saturated carbocycles. The highest BCUT2D eigenvalue weighted by Gasteiger charge is 2.14. The van der Waals surface area contributed by atoms with E-state index in [9.17, 15) is 4.79 Å².